The number of rotatable bonds is 5. The van der Waals surface area contributed by atoms with Gasteiger partial charge in [0.25, 0.3) is 15.7 Å². The summed E-state index contributed by atoms with van der Waals surface area (Å²) in [6.45, 7) is 4.70. The number of amides is 1. The second-order valence-electron chi connectivity index (χ2n) is 7.53. The van der Waals surface area contributed by atoms with Crippen LogP contribution in [0.15, 0.2) is 41.3 Å². The summed E-state index contributed by atoms with van der Waals surface area (Å²) in [5.74, 6) is -1.96. The van der Waals surface area contributed by atoms with Gasteiger partial charge in [-0.2, -0.15) is 4.31 Å². The molecule has 0 fully saturated rings. The number of non-ortho nitro benzene ring substituents is 1. The number of carboxylic acid groups (broad SMARTS) is 1. The van der Waals surface area contributed by atoms with E-state index in [0.29, 0.717) is 4.31 Å². The molecule has 29 heavy (non-hydrogen) atoms. The Morgan fingerprint density at radius 3 is 2.31 bits per heavy atom. The molecule has 1 aromatic carbocycles. The van der Waals surface area contributed by atoms with Crippen molar-refractivity contribution >= 4 is 27.8 Å². The summed E-state index contributed by atoms with van der Waals surface area (Å²) in [6, 6.07) is 2.99. The molecule has 0 heterocycles. The van der Waals surface area contributed by atoms with Gasteiger partial charge in [0.1, 0.15) is 5.60 Å². The smallest absolute Gasteiger partial charge is 0.424 e. The van der Waals surface area contributed by atoms with E-state index in [4.69, 9.17) is 4.74 Å². The van der Waals surface area contributed by atoms with Gasteiger partial charge in [-0.15, -0.1) is 0 Å². The zero-order chi connectivity index (χ0) is 22.0. The Bertz CT molecular complexity index is 932. The van der Waals surface area contributed by atoms with Crippen molar-refractivity contribution in [3.63, 3.8) is 0 Å². The number of nitrogens with zero attached hydrogens (tertiary/aromatic N) is 2. The van der Waals surface area contributed by atoms with E-state index in [2.05, 4.69) is 0 Å². The second kappa shape index (κ2) is 8.19. The molecule has 0 unspecified atom stereocenters. The third-order valence-electron chi connectivity index (χ3n) is 4.13. The van der Waals surface area contributed by atoms with Crippen molar-refractivity contribution in [2.45, 2.75) is 50.2 Å². The molecule has 0 aromatic heterocycles. The minimum absolute atomic E-state index is 0.114. The molecule has 0 saturated heterocycles. The Labute approximate surface area is 168 Å². The highest BCUT2D eigenvalue weighted by Crippen LogP contribution is 2.30. The average molecular weight is 426 g/mol. The minimum Gasteiger partial charge on any atom is -0.481 e. The molecule has 0 saturated carbocycles. The Kier molecular flexibility index (Phi) is 6.31. The molecule has 1 aliphatic carbocycles. The number of allylic oxidation sites excluding steroid dienone is 1. The molecule has 0 radical (unpaired) electrons. The van der Waals surface area contributed by atoms with Gasteiger partial charge in [0.2, 0.25) is 0 Å². The summed E-state index contributed by atoms with van der Waals surface area (Å²) in [5, 5.41) is 20.1. The van der Waals surface area contributed by atoms with Crippen molar-refractivity contribution < 1.29 is 32.8 Å². The van der Waals surface area contributed by atoms with Gasteiger partial charge >= 0.3 is 12.1 Å². The number of nitro groups is 1. The quantitative estimate of drug-likeness (QED) is 0.430. The number of hydrogen-bond donors (Lipinski definition) is 1. The Morgan fingerprint density at radius 2 is 1.83 bits per heavy atom. The van der Waals surface area contributed by atoms with Gasteiger partial charge in [-0.25, -0.2) is 13.2 Å². The molecule has 2 rings (SSSR count). The Hall–Kier alpha value is -2.95. The topological polar surface area (TPSA) is 144 Å². The molecule has 158 valence electrons. The van der Waals surface area contributed by atoms with E-state index in [1.165, 1.54) is 12.2 Å². The lowest BCUT2D eigenvalue weighted by atomic mass is 9.91. The zero-order valence-electron chi connectivity index (χ0n) is 16.1. The first-order valence-electron chi connectivity index (χ1n) is 8.74. The third-order valence-corrected chi connectivity index (χ3v) is 5.94. The Morgan fingerprint density at radius 1 is 1.24 bits per heavy atom. The first-order chi connectivity index (χ1) is 13.3. The second-order valence-corrected chi connectivity index (χ2v) is 9.35. The van der Waals surface area contributed by atoms with E-state index >= 15 is 0 Å². The molecule has 0 spiro atoms. The molecule has 1 aliphatic rings. The van der Waals surface area contributed by atoms with Crippen LogP contribution in [0.4, 0.5) is 10.5 Å². The predicted molar refractivity (Wildman–Crippen MR) is 102 cm³/mol. The van der Waals surface area contributed by atoms with E-state index in [1.54, 1.807) is 20.8 Å². The maximum Gasteiger partial charge on any atom is 0.424 e. The lowest BCUT2D eigenvalue weighted by Gasteiger charge is -2.33. The molecular weight excluding hydrogens is 404 g/mol. The average Bonchev–Trinajstić information content (AvgIpc) is 2.60. The van der Waals surface area contributed by atoms with Crippen molar-refractivity contribution in [1.82, 2.24) is 4.31 Å². The summed E-state index contributed by atoms with van der Waals surface area (Å²) in [6.07, 6.45) is 1.90. The number of ether oxygens (including phenoxy) is 1. The summed E-state index contributed by atoms with van der Waals surface area (Å²) in [7, 11) is -4.47. The Balaban J connectivity index is 2.49. The van der Waals surface area contributed by atoms with Crippen LogP contribution >= 0.6 is 0 Å². The number of hydrogen-bond acceptors (Lipinski definition) is 7. The van der Waals surface area contributed by atoms with E-state index in [-0.39, 0.29) is 23.4 Å². The fraction of sp³-hybridized carbons (Fsp3) is 0.444. The van der Waals surface area contributed by atoms with Gasteiger partial charge in [0.05, 0.1) is 21.8 Å². The van der Waals surface area contributed by atoms with Gasteiger partial charge in [-0.05, 0) is 45.7 Å². The fourth-order valence-corrected chi connectivity index (χ4v) is 4.27. The van der Waals surface area contributed by atoms with Crippen molar-refractivity contribution in [2.75, 3.05) is 0 Å². The van der Waals surface area contributed by atoms with Crippen LogP contribution in [-0.4, -0.2) is 46.5 Å². The number of nitro benzene ring substituents is 1. The first-order valence-corrected chi connectivity index (χ1v) is 10.2. The molecule has 2 atom stereocenters. The van der Waals surface area contributed by atoms with Crippen molar-refractivity contribution in [2.24, 2.45) is 5.92 Å². The summed E-state index contributed by atoms with van der Waals surface area (Å²) >= 11 is 0. The van der Waals surface area contributed by atoms with Crippen LogP contribution in [0.3, 0.4) is 0 Å². The largest absolute Gasteiger partial charge is 0.481 e. The zero-order valence-corrected chi connectivity index (χ0v) is 17.0. The number of sulfonamides is 1. The van der Waals surface area contributed by atoms with E-state index < -0.39 is 44.6 Å². The van der Waals surface area contributed by atoms with Crippen LogP contribution in [0.1, 0.15) is 33.6 Å². The molecular formula is C18H22N2O8S. The lowest BCUT2D eigenvalue weighted by molar-refractivity contribution is -0.384. The van der Waals surface area contributed by atoms with Crippen molar-refractivity contribution in [3.8, 4) is 0 Å². The predicted octanol–water partition coefficient (Wildman–Crippen LogP) is 2.94. The standard InChI is InChI=1S/C18H22N2O8S/c1-18(2,3)28-17(23)19(14-6-4-5-12(11-14)16(21)22)29(26,27)15-9-7-13(8-10-15)20(24)25/h4,6-10,12,14H,5,11H2,1-3H3,(H,21,22)/t12-,14-/m1/s1. The van der Waals surface area contributed by atoms with Crippen molar-refractivity contribution in [1.29, 1.82) is 0 Å². The highest BCUT2D eigenvalue weighted by molar-refractivity contribution is 7.89. The molecule has 0 aliphatic heterocycles. The van der Waals surface area contributed by atoms with Crippen LogP contribution in [0.2, 0.25) is 0 Å². The van der Waals surface area contributed by atoms with Gasteiger partial charge < -0.3 is 9.84 Å². The SMILES string of the molecule is CC(C)(C)OC(=O)N([C@@H]1C=CC[C@@H](C(=O)O)C1)S(=O)(=O)c1ccc([N+](=O)[O-])cc1. The van der Waals surface area contributed by atoms with Gasteiger partial charge in [0.15, 0.2) is 0 Å². The van der Waals surface area contributed by atoms with Gasteiger partial charge in [-0.1, -0.05) is 12.2 Å². The maximum absolute atomic E-state index is 13.2. The number of carboxylic acids is 1. The van der Waals surface area contributed by atoms with Crippen LogP contribution in [-0.2, 0) is 19.6 Å². The third kappa shape index (κ3) is 5.31. The summed E-state index contributed by atoms with van der Waals surface area (Å²) in [5.41, 5.74) is -1.30. The van der Waals surface area contributed by atoms with Gasteiger partial charge in [-0.3, -0.25) is 14.9 Å². The number of carbonyl (C=O) groups is 2. The van der Waals surface area contributed by atoms with Crippen LogP contribution in [0.25, 0.3) is 0 Å². The summed E-state index contributed by atoms with van der Waals surface area (Å²) < 4.78 is 32.1. The highest BCUT2D eigenvalue weighted by Gasteiger charge is 2.40. The van der Waals surface area contributed by atoms with E-state index in [1.807, 2.05) is 0 Å². The van der Waals surface area contributed by atoms with Crippen molar-refractivity contribution in [3.05, 3.63) is 46.5 Å². The number of aliphatic carboxylic acids is 1. The minimum atomic E-state index is -4.47. The molecule has 0 bridgehead atoms. The number of carbonyl (C=O) groups excluding carboxylic acids is 1. The lowest BCUT2D eigenvalue weighted by Crippen LogP contribution is -2.48. The monoisotopic (exact) mass is 426 g/mol. The molecule has 11 heteroatoms. The van der Waals surface area contributed by atoms with Crippen LogP contribution in [0, 0.1) is 16.0 Å². The molecule has 1 aromatic rings. The van der Waals surface area contributed by atoms with E-state index in [9.17, 15) is 33.2 Å². The van der Waals surface area contributed by atoms with Crippen LogP contribution < -0.4 is 0 Å². The highest BCUT2D eigenvalue weighted by atomic mass is 32.2. The molecule has 1 N–H and O–H groups in total. The normalized spacial score (nSPS) is 19.4. The molecule has 1 amide bonds. The first kappa shape index (κ1) is 22.3. The van der Waals surface area contributed by atoms with Gasteiger partial charge in [0, 0.05) is 12.1 Å². The maximum atomic E-state index is 13.2. The summed E-state index contributed by atoms with van der Waals surface area (Å²) in [4.78, 5) is 33.9. The van der Waals surface area contributed by atoms with Crippen LogP contribution in [0.5, 0.6) is 0 Å². The van der Waals surface area contributed by atoms with E-state index in [0.717, 1.165) is 24.3 Å². The fourth-order valence-electron chi connectivity index (χ4n) is 2.81. The number of benzene rings is 1. The molecule has 10 nitrogen and oxygen atoms in total.